The normalized spacial score (nSPS) is 13.3. The summed E-state index contributed by atoms with van der Waals surface area (Å²) in [7, 11) is 1.67. The van der Waals surface area contributed by atoms with Crippen LogP contribution in [0.3, 0.4) is 0 Å². The van der Waals surface area contributed by atoms with Crippen molar-refractivity contribution < 1.29 is 4.74 Å². The lowest BCUT2D eigenvalue weighted by molar-refractivity contribution is 0.415. The predicted molar refractivity (Wildman–Crippen MR) is 110 cm³/mol. The second-order valence-corrected chi connectivity index (χ2v) is 7.11. The van der Waals surface area contributed by atoms with Gasteiger partial charge in [0.2, 0.25) is 0 Å². The maximum atomic E-state index is 9.92. The Labute approximate surface area is 163 Å². The Kier molecular flexibility index (Phi) is 3.91. The van der Waals surface area contributed by atoms with E-state index in [9.17, 15) is 5.26 Å². The topological polar surface area (TPSA) is 62.3 Å². The van der Waals surface area contributed by atoms with E-state index in [1.807, 2.05) is 42.5 Å². The molecular formula is C23H20N4O. The number of benzene rings is 2. The molecule has 0 saturated carbocycles. The molecule has 0 radical (unpaired) electrons. The second-order valence-electron chi connectivity index (χ2n) is 7.11. The molecular weight excluding hydrogens is 348 g/mol. The molecule has 0 fully saturated rings. The maximum Gasteiger partial charge on any atom is 0.157 e. The molecule has 1 N–H and O–H groups in total. The third kappa shape index (κ3) is 2.49. The molecule has 138 valence electrons. The number of anilines is 2. The Bertz CT molecular complexity index is 1230. The van der Waals surface area contributed by atoms with Crippen LogP contribution in [0.15, 0.2) is 48.5 Å². The first-order valence-corrected chi connectivity index (χ1v) is 9.56. The lowest BCUT2D eigenvalue weighted by Crippen LogP contribution is -2.13. The van der Waals surface area contributed by atoms with E-state index in [4.69, 9.17) is 9.72 Å². The van der Waals surface area contributed by atoms with Gasteiger partial charge in [-0.3, -0.25) is 4.40 Å². The summed E-state index contributed by atoms with van der Waals surface area (Å²) in [6.07, 6.45) is 4.13. The molecule has 1 aliphatic carbocycles. The number of imidazole rings is 1. The molecule has 0 aliphatic heterocycles. The number of rotatable bonds is 3. The van der Waals surface area contributed by atoms with Crippen LogP contribution in [0, 0.1) is 11.3 Å². The number of nitriles is 1. The van der Waals surface area contributed by atoms with E-state index in [0.29, 0.717) is 5.56 Å². The van der Waals surface area contributed by atoms with Crippen LogP contribution < -0.4 is 10.1 Å². The Morgan fingerprint density at radius 1 is 1.04 bits per heavy atom. The zero-order valence-corrected chi connectivity index (χ0v) is 15.7. The number of hydrogen-bond acceptors (Lipinski definition) is 4. The van der Waals surface area contributed by atoms with E-state index in [1.54, 1.807) is 7.11 Å². The van der Waals surface area contributed by atoms with Crippen molar-refractivity contribution >= 4 is 28.2 Å². The van der Waals surface area contributed by atoms with Crippen molar-refractivity contribution in [2.75, 3.05) is 12.4 Å². The molecule has 4 aromatic rings. The number of nitrogens with zero attached hydrogens (tertiary/aromatic N) is 3. The van der Waals surface area contributed by atoms with Crippen LogP contribution in [0.4, 0.5) is 11.5 Å². The number of pyridine rings is 1. The summed E-state index contributed by atoms with van der Waals surface area (Å²) in [5.41, 5.74) is 6.73. The lowest BCUT2D eigenvalue weighted by Gasteiger charge is -2.23. The zero-order chi connectivity index (χ0) is 19.1. The van der Waals surface area contributed by atoms with Crippen LogP contribution in [-0.4, -0.2) is 16.5 Å². The first-order valence-electron chi connectivity index (χ1n) is 9.56. The largest absolute Gasteiger partial charge is 0.497 e. The summed E-state index contributed by atoms with van der Waals surface area (Å²) in [6, 6.07) is 18.4. The van der Waals surface area contributed by atoms with Crippen molar-refractivity contribution in [3.05, 3.63) is 65.2 Å². The van der Waals surface area contributed by atoms with Crippen LogP contribution in [0.5, 0.6) is 5.75 Å². The molecule has 5 rings (SSSR count). The second kappa shape index (κ2) is 6.58. The molecule has 2 aromatic heterocycles. The van der Waals surface area contributed by atoms with Gasteiger partial charge in [-0.25, -0.2) is 4.98 Å². The molecule has 5 heteroatoms. The van der Waals surface area contributed by atoms with E-state index in [1.165, 1.54) is 5.56 Å². The van der Waals surface area contributed by atoms with Gasteiger partial charge in [0.05, 0.1) is 23.7 Å². The minimum Gasteiger partial charge on any atom is -0.497 e. The highest BCUT2D eigenvalue weighted by molar-refractivity contribution is 5.87. The van der Waals surface area contributed by atoms with Crippen LogP contribution in [-0.2, 0) is 12.8 Å². The smallest absolute Gasteiger partial charge is 0.157 e. The average molecular weight is 368 g/mol. The summed E-state index contributed by atoms with van der Waals surface area (Å²) in [5, 5.41) is 13.5. The van der Waals surface area contributed by atoms with E-state index in [2.05, 4.69) is 21.9 Å². The Morgan fingerprint density at radius 2 is 1.79 bits per heavy atom. The summed E-state index contributed by atoms with van der Waals surface area (Å²) in [4.78, 5) is 4.80. The van der Waals surface area contributed by atoms with Crippen molar-refractivity contribution in [1.82, 2.24) is 9.38 Å². The van der Waals surface area contributed by atoms with E-state index < -0.39 is 0 Å². The molecule has 0 atom stereocenters. The van der Waals surface area contributed by atoms with Crippen LogP contribution in [0.2, 0.25) is 0 Å². The van der Waals surface area contributed by atoms with Gasteiger partial charge in [0.15, 0.2) is 5.65 Å². The van der Waals surface area contributed by atoms with Crippen LogP contribution >= 0.6 is 0 Å². The van der Waals surface area contributed by atoms with Gasteiger partial charge >= 0.3 is 0 Å². The van der Waals surface area contributed by atoms with Gasteiger partial charge in [0.1, 0.15) is 17.6 Å². The molecule has 0 amide bonds. The molecule has 2 aromatic carbocycles. The zero-order valence-electron chi connectivity index (χ0n) is 15.7. The van der Waals surface area contributed by atoms with Gasteiger partial charge in [-0.2, -0.15) is 5.26 Å². The number of nitrogens with one attached hydrogen (secondary N) is 1. The third-order valence-corrected chi connectivity index (χ3v) is 5.53. The molecule has 5 nitrogen and oxygen atoms in total. The fourth-order valence-electron chi connectivity index (χ4n) is 4.19. The van der Waals surface area contributed by atoms with Gasteiger partial charge in [-0.15, -0.1) is 0 Å². The van der Waals surface area contributed by atoms with Crippen molar-refractivity contribution in [1.29, 1.82) is 5.26 Å². The average Bonchev–Trinajstić information content (AvgIpc) is 3.13. The third-order valence-electron chi connectivity index (χ3n) is 5.53. The predicted octanol–water partition coefficient (Wildman–Crippen LogP) is 4.99. The Hall–Kier alpha value is -3.52. The maximum absolute atomic E-state index is 9.92. The number of fused-ring (bicyclic) bond motifs is 4. The number of para-hydroxylation sites is 2. The molecule has 0 spiro atoms. The van der Waals surface area contributed by atoms with E-state index in [0.717, 1.165) is 65.2 Å². The molecule has 1 aliphatic rings. The monoisotopic (exact) mass is 368 g/mol. The highest BCUT2D eigenvalue weighted by Gasteiger charge is 2.24. The highest BCUT2D eigenvalue weighted by atomic mass is 16.5. The van der Waals surface area contributed by atoms with Gasteiger partial charge in [-0.05, 0) is 73.2 Å². The first-order chi connectivity index (χ1) is 13.8. The van der Waals surface area contributed by atoms with Gasteiger partial charge < -0.3 is 10.1 Å². The SMILES string of the molecule is COc1ccc(Nc2c3c(c(C#N)c4nc5ccccc5n24)CCCC3)cc1. The van der Waals surface area contributed by atoms with Crippen LogP contribution in [0.25, 0.3) is 16.7 Å². The molecule has 0 bridgehead atoms. The summed E-state index contributed by atoms with van der Waals surface area (Å²) >= 11 is 0. The number of methoxy groups -OCH3 is 1. The molecule has 0 saturated heterocycles. The minimum atomic E-state index is 0.714. The van der Waals surface area contributed by atoms with Crippen molar-refractivity contribution in [2.24, 2.45) is 0 Å². The Morgan fingerprint density at radius 3 is 2.54 bits per heavy atom. The fraction of sp³-hybridized carbons (Fsp3) is 0.217. The Balaban J connectivity index is 1.81. The fourth-order valence-corrected chi connectivity index (χ4v) is 4.19. The van der Waals surface area contributed by atoms with E-state index >= 15 is 0 Å². The van der Waals surface area contributed by atoms with Crippen molar-refractivity contribution in [2.45, 2.75) is 25.7 Å². The molecule has 0 unspecified atom stereocenters. The van der Waals surface area contributed by atoms with Crippen molar-refractivity contribution in [3.63, 3.8) is 0 Å². The van der Waals surface area contributed by atoms with Gasteiger partial charge in [-0.1, -0.05) is 12.1 Å². The number of hydrogen-bond donors (Lipinski definition) is 1. The quantitative estimate of drug-likeness (QED) is 0.553. The standard InChI is InChI=1S/C23H20N4O/c1-28-16-12-10-15(11-13-16)25-22-18-7-3-2-6-17(18)19(14-24)23-26-20-8-4-5-9-21(20)27(22)23/h4-5,8-13,25H,2-3,6-7H2,1H3. The number of aromatic nitrogens is 2. The number of ether oxygens (including phenoxy) is 1. The summed E-state index contributed by atoms with van der Waals surface area (Å²) in [6.45, 7) is 0. The van der Waals surface area contributed by atoms with Gasteiger partial charge in [0, 0.05) is 5.69 Å². The highest BCUT2D eigenvalue weighted by Crippen LogP contribution is 2.37. The van der Waals surface area contributed by atoms with Crippen molar-refractivity contribution in [3.8, 4) is 11.8 Å². The first kappa shape index (κ1) is 16.6. The van der Waals surface area contributed by atoms with E-state index in [-0.39, 0.29) is 0 Å². The van der Waals surface area contributed by atoms with Crippen LogP contribution in [0.1, 0.15) is 29.5 Å². The molecule has 2 heterocycles. The lowest BCUT2D eigenvalue weighted by atomic mass is 9.89. The summed E-state index contributed by atoms with van der Waals surface area (Å²) in [5.74, 6) is 1.84. The minimum absolute atomic E-state index is 0.714. The summed E-state index contributed by atoms with van der Waals surface area (Å²) < 4.78 is 7.39. The molecule has 28 heavy (non-hydrogen) atoms. The van der Waals surface area contributed by atoms with Gasteiger partial charge in [0.25, 0.3) is 0 Å².